The molecule has 0 fully saturated rings. The number of thiazole rings is 1. The van der Waals surface area contributed by atoms with Crippen molar-refractivity contribution in [2.45, 2.75) is 32.2 Å². The van der Waals surface area contributed by atoms with Crippen molar-refractivity contribution in [3.05, 3.63) is 28.2 Å². The molecule has 0 aliphatic heterocycles. The van der Waals surface area contributed by atoms with Gasteiger partial charge in [0.2, 0.25) is 0 Å². The molecule has 3 N–H and O–H groups in total. The van der Waals surface area contributed by atoms with Gasteiger partial charge in [0.25, 0.3) is 10.0 Å². The number of hydrogen-bond acceptors (Lipinski definition) is 6. The van der Waals surface area contributed by atoms with Crippen LogP contribution >= 0.6 is 11.3 Å². The summed E-state index contributed by atoms with van der Waals surface area (Å²) in [6.45, 7) is 5.26. The highest BCUT2D eigenvalue weighted by Gasteiger charge is 2.26. The largest absolute Gasteiger partial charge is 0.465 e. The third-order valence-corrected chi connectivity index (χ3v) is 5.13. The van der Waals surface area contributed by atoms with Crippen molar-refractivity contribution in [2.75, 3.05) is 4.72 Å². The van der Waals surface area contributed by atoms with Crippen LogP contribution in [0.5, 0.6) is 0 Å². The second-order valence-corrected chi connectivity index (χ2v) is 6.96. The van der Waals surface area contributed by atoms with Gasteiger partial charge in [-0.15, -0.1) is 11.3 Å². The van der Waals surface area contributed by atoms with Gasteiger partial charge in [-0.3, -0.25) is 4.72 Å². The first-order valence-corrected chi connectivity index (χ1v) is 7.89. The predicted octanol–water partition coefficient (Wildman–Crippen LogP) is 1.92. The van der Waals surface area contributed by atoms with Crippen LogP contribution in [-0.4, -0.2) is 13.4 Å². The molecule has 0 saturated carbocycles. The zero-order valence-electron chi connectivity index (χ0n) is 10.9. The van der Waals surface area contributed by atoms with Crippen LogP contribution in [0.3, 0.4) is 0 Å². The molecule has 2 aromatic heterocycles. The monoisotopic (exact) mass is 301 g/mol. The molecule has 0 aliphatic carbocycles. The van der Waals surface area contributed by atoms with Gasteiger partial charge in [0, 0.05) is 23.2 Å². The van der Waals surface area contributed by atoms with Crippen molar-refractivity contribution < 1.29 is 12.8 Å². The van der Waals surface area contributed by atoms with Crippen molar-refractivity contribution >= 4 is 26.5 Å². The maximum atomic E-state index is 12.4. The summed E-state index contributed by atoms with van der Waals surface area (Å²) in [6.07, 6.45) is 1.61. The number of rotatable bonds is 4. The standard InChI is InChI=1S/C11H15N3O3S2/c1-6-5-13-11(18-6)14-19(15,16)10-8(3)17-7(2)9(10)4-12/h5H,4,12H2,1-3H3,(H,13,14). The van der Waals surface area contributed by atoms with Crippen molar-refractivity contribution in [2.24, 2.45) is 5.73 Å². The molecule has 104 valence electrons. The smallest absolute Gasteiger partial charge is 0.267 e. The van der Waals surface area contributed by atoms with E-state index in [0.29, 0.717) is 22.2 Å². The van der Waals surface area contributed by atoms with Gasteiger partial charge in [0.1, 0.15) is 16.4 Å². The van der Waals surface area contributed by atoms with E-state index in [2.05, 4.69) is 9.71 Å². The molecule has 8 heteroatoms. The summed E-state index contributed by atoms with van der Waals surface area (Å²) in [5.74, 6) is 0.856. The van der Waals surface area contributed by atoms with E-state index in [1.165, 1.54) is 11.3 Å². The van der Waals surface area contributed by atoms with Crippen LogP contribution in [0.4, 0.5) is 5.13 Å². The van der Waals surface area contributed by atoms with E-state index >= 15 is 0 Å². The van der Waals surface area contributed by atoms with Gasteiger partial charge in [-0.05, 0) is 20.8 Å². The highest BCUT2D eigenvalue weighted by atomic mass is 32.2. The Morgan fingerprint density at radius 2 is 2.05 bits per heavy atom. The molecule has 0 saturated heterocycles. The van der Waals surface area contributed by atoms with Crippen LogP contribution < -0.4 is 10.5 Å². The zero-order chi connectivity index (χ0) is 14.2. The van der Waals surface area contributed by atoms with E-state index in [-0.39, 0.29) is 11.4 Å². The van der Waals surface area contributed by atoms with Crippen LogP contribution in [0.2, 0.25) is 0 Å². The molecule has 0 atom stereocenters. The first-order valence-electron chi connectivity index (χ1n) is 5.59. The van der Waals surface area contributed by atoms with Crippen LogP contribution in [0.1, 0.15) is 22.0 Å². The second-order valence-electron chi connectivity index (χ2n) is 4.11. The Morgan fingerprint density at radius 1 is 1.37 bits per heavy atom. The molecule has 0 aliphatic rings. The summed E-state index contributed by atoms with van der Waals surface area (Å²) >= 11 is 1.27. The normalized spacial score (nSPS) is 11.8. The summed E-state index contributed by atoms with van der Waals surface area (Å²) in [7, 11) is -3.73. The minimum Gasteiger partial charge on any atom is -0.465 e. The third-order valence-electron chi connectivity index (χ3n) is 2.64. The molecule has 0 amide bonds. The van der Waals surface area contributed by atoms with E-state index in [1.807, 2.05) is 6.92 Å². The third kappa shape index (κ3) is 2.65. The Bertz CT molecular complexity index is 701. The Kier molecular flexibility index (Phi) is 3.66. The van der Waals surface area contributed by atoms with Crippen LogP contribution in [0, 0.1) is 20.8 Å². The van der Waals surface area contributed by atoms with Gasteiger partial charge in [-0.25, -0.2) is 13.4 Å². The molecule has 2 aromatic rings. The first kappa shape index (κ1) is 14.0. The fraction of sp³-hybridized carbons (Fsp3) is 0.364. The fourth-order valence-corrected chi connectivity index (χ4v) is 4.23. The summed E-state index contributed by atoms with van der Waals surface area (Å²) in [5, 5.41) is 0.332. The van der Waals surface area contributed by atoms with E-state index in [1.54, 1.807) is 20.0 Å². The predicted molar refractivity (Wildman–Crippen MR) is 73.7 cm³/mol. The first-order chi connectivity index (χ1) is 8.85. The van der Waals surface area contributed by atoms with Gasteiger partial charge in [0.15, 0.2) is 5.13 Å². The average Bonchev–Trinajstić information content (AvgIpc) is 2.81. The minimum absolute atomic E-state index is 0.107. The summed E-state index contributed by atoms with van der Waals surface area (Å²) in [4.78, 5) is 5.02. The van der Waals surface area contributed by atoms with E-state index < -0.39 is 10.0 Å². The van der Waals surface area contributed by atoms with Crippen LogP contribution in [0.25, 0.3) is 0 Å². The SMILES string of the molecule is Cc1cnc(NS(=O)(=O)c2c(C)oc(C)c2CN)s1. The number of anilines is 1. The lowest BCUT2D eigenvalue weighted by Gasteiger charge is -2.06. The molecule has 2 rings (SSSR count). The van der Waals surface area contributed by atoms with Crippen molar-refractivity contribution in [1.82, 2.24) is 4.98 Å². The summed E-state index contributed by atoms with van der Waals surface area (Å²) < 4.78 is 32.5. The van der Waals surface area contributed by atoms with Gasteiger partial charge >= 0.3 is 0 Å². The Hall–Kier alpha value is -1.38. The van der Waals surface area contributed by atoms with Crippen LogP contribution in [-0.2, 0) is 16.6 Å². The lowest BCUT2D eigenvalue weighted by molar-refractivity contribution is 0.494. The Balaban J connectivity index is 2.45. The molecule has 0 unspecified atom stereocenters. The molecule has 0 aromatic carbocycles. The highest BCUT2D eigenvalue weighted by Crippen LogP contribution is 2.29. The molecule has 0 spiro atoms. The molecule has 0 bridgehead atoms. The number of nitrogens with two attached hydrogens (primary N) is 1. The van der Waals surface area contributed by atoms with E-state index in [0.717, 1.165) is 4.88 Å². The number of nitrogens with zero attached hydrogens (tertiary/aromatic N) is 1. The molecular formula is C11H15N3O3S2. The molecule has 6 nitrogen and oxygen atoms in total. The van der Waals surface area contributed by atoms with E-state index in [4.69, 9.17) is 10.2 Å². The molecule has 2 heterocycles. The quantitative estimate of drug-likeness (QED) is 0.899. The number of sulfonamides is 1. The summed E-state index contributed by atoms with van der Waals surface area (Å²) in [6, 6.07) is 0. The number of furan rings is 1. The average molecular weight is 301 g/mol. The minimum atomic E-state index is -3.73. The zero-order valence-corrected chi connectivity index (χ0v) is 12.5. The van der Waals surface area contributed by atoms with Crippen molar-refractivity contribution in [3.63, 3.8) is 0 Å². The van der Waals surface area contributed by atoms with Gasteiger partial charge < -0.3 is 10.2 Å². The fourth-order valence-electron chi connectivity index (χ4n) is 1.87. The Labute approximate surface area is 115 Å². The maximum Gasteiger partial charge on any atom is 0.267 e. The summed E-state index contributed by atoms with van der Waals surface area (Å²) in [5.41, 5.74) is 6.09. The molecule has 0 radical (unpaired) electrons. The number of hydrogen-bond donors (Lipinski definition) is 2. The number of aromatic nitrogens is 1. The maximum absolute atomic E-state index is 12.4. The lowest BCUT2D eigenvalue weighted by Crippen LogP contribution is -2.16. The second kappa shape index (κ2) is 4.95. The topological polar surface area (TPSA) is 98.2 Å². The Morgan fingerprint density at radius 3 is 2.58 bits per heavy atom. The number of nitrogens with one attached hydrogen (secondary N) is 1. The highest BCUT2D eigenvalue weighted by molar-refractivity contribution is 7.93. The molecule has 19 heavy (non-hydrogen) atoms. The van der Waals surface area contributed by atoms with Crippen LogP contribution in [0.15, 0.2) is 15.5 Å². The lowest BCUT2D eigenvalue weighted by atomic mass is 10.2. The van der Waals surface area contributed by atoms with Gasteiger partial charge in [-0.1, -0.05) is 0 Å². The molecular weight excluding hydrogens is 286 g/mol. The van der Waals surface area contributed by atoms with Gasteiger partial charge in [-0.2, -0.15) is 0 Å². The van der Waals surface area contributed by atoms with Gasteiger partial charge in [0.05, 0.1) is 0 Å². The number of aryl methyl sites for hydroxylation is 3. The van der Waals surface area contributed by atoms with Crippen molar-refractivity contribution in [1.29, 1.82) is 0 Å². The van der Waals surface area contributed by atoms with E-state index in [9.17, 15) is 8.42 Å². The van der Waals surface area contributed by atoms with Crippen molar-refractivity contribution in [3.8, 4) is 0 Å².